The average molecular weight is 610 g/mol. The highest BCUT2D eigenvalue weighted by Gasteiger charge is 2.24. The molecule has 0 saturated heterocycles. The fraction of sp³-hybridized carbons (Fsp3) is 0.469. The molecule has 1 aliphatic rings. The van der Waals surface area contributed by atoms with Crippen molar-refractivity contribution in [2.24, 2.45) is 5.73 Å². The van der Waals surface area contributed by atoms with Crippen molar-refractivity contribution in [2.45, 2.75) is 76.7 Å². The van der Waals surface area contributed by atoms with Gasteiger partial charge in [-0.3, -0.25) is 24.0 Å². The van der Waals surface area contributed by atoms with E-state index in [1.165, 1.54) is 0 Å². The van der Waals surface area contributed by atoms with Crippen LogP contribution in [-0.2, 0) is 41.6 Å². The molecule has 1 saturated carbocycles. The SMILES string of the molecule is CC(C)(C)Oc1ccc(C[C@H](N)C(=O)NCC(=O)N[C@@H](Cc2ccccc2)C(=O)NCC(=O)NCC(=O)OC2CCC2)cc1. The molecule has 44 heavy (non-hydrogen) atoms. The van der Waals surface area contributed by atoms with E-state index in [-0.39, 0.29) is 31.1 Å². The second kappa shape index (κ2) is 16.4. The van der Waals surface area contributed by atoms with Gasteiger partial charge in [-0.2, -0.15) is 0 Å². The summed E-state index contributed by atoms with van der Waals surface area (Å²) in [4.78, 5) is 62.3. The van der Waals surface area contributed by atoms with Crippen LogP contribution in [0.4, 0.5) is 0 Å². The molecule has 0 unspecified atom stereocenters. The Kier molecular flexibility index (Phi) is 12.7. The van der Waals surface area contributed by atoms with Crippen LogP contribution in [0, 0.1) is 0 Å². The number of hydrogen-bond acceptors (Lipinski definition) is 8. The molecular formula is C32H43N5O7. The first-order valence-corrected chi connectivity index (χ1v) is 14.8. The lowest BCUT2D eigenvalue weighted by molar-refractivity contribution is -0.152. The van der Waals surface area contributed by atoms with Gasteiger partial charge in [0, 0.05) is 6.42 Å². The average Bonchev–Trinajstić information content (AvgIpc) is 2.95. The van der Waals surface area contributed by atoms with Crippen LogP contribution in [0.1, 0.15) is 51.2 Å². The molecule has 1 aliphatic carbocycles. The molecule has 1 fully saturated rings. The molecule has 0 aliphatic heterocycles. The van der Waals surface area contributed by atoms with Gasteiger partial charge in [-0.15, -0.1) is 0 Å². The van der Waals surface area contributed by atoms with Gasteiger partial charge in [-0.25, -0.2) is 0 Å². The van der Waals surface area contributed by atoms with Crippen molar-refractivity contribution >= 4 is 29.6 Å². The second-order valence-electron chi connectivity index (χ2n) is 11.7. The summed E-state index contributed by atoms with van der Waals surface area (Å²) in [5.74, 6) is -2.13. The summed E-state index contributed by atoms with van der Waals surface area (Å²) in [6.07, 6.45) is 2.97. The number of benzene rings is 2. The molecule has 2 atom stereocenters. The molecule has 2 aromatic carbocycles. The van der Waals surface area contributed by atoms with Crippen LogP contribution in [0.15, 0.2) is 54.6 Å². The normalized spacial score (nSPS) is 14.3. The number of rotatable bonds is 15. The van der Waals surface area contributed by atoms with Gasteiger partial charge in [-0.1, -0.05) is 42.5 Å². The van der Waals surface area contributed by atoms with E-state index in [1.54, 1.807) is 24.3 Å². The first-order chi connectivity index (χ1) is 20.9. The van der Waals surface area contributed by atoms with E-state index >= 15 is 0 Å². The maximum absolute atomic E-state index is 13.0. The summed E-state index contributed by atoms with van der Waals surface area (Å²) in [6.45, 7) is 4.76. The van der Waals surface area contributed by atoms with Crippen LogP contribution < -0.4 is 31.7 Å². The van der Waals surface area contributed by atoms with Crippen molar-refractivity contribution in [1.29, 1.82) is 0 Å². The van der Waals surface area contributed by atoms with Gasteiger partial charge in [0.15, 0.2) is 0 Å². The highest BCUT2D eigenvalue weighted by Crippen LogP contribution is 2.21. The third-order valence-corrected chi connectivity index (χ3v) is 6.70. The Hall–Kier alpha value is -4.45. The van der Waals surface area contributed by atoms with Gasteiger partial charge < -0.3 is 36.5 Å². The molecule has 0 heterocycles. The number of nitrogens with one attached hydrogen (secondary N) is 4. The van der Waals surface area contributed by atoms with E-state index in [9.17, 15) is 24.0 Å². The predicted molar refractivity (Wildman–Crippen MR) is 163 cm³/mol. The number of esters is 1. The summed E-state index contributed by atoms with van der Waals surface area (Å²) in [5, 5.41) is 10.0. The van der Waals surface area contributed by atoms with Crippen molar-refractivity contribution < 1.29 is 33.4 Å². The summed E-state index contributed by atoms with van der Waals surface area (Å²) in [7, 11) is 0. The fourth-order valence-electron chi connectivity index (χ4n) is 4.24. The summed E-state index contributed by atoms with van der Waals surface area (Å²) in [6, 6.07) is 14.4. The standard InChI is InChI=1S/C32H43N5O7/c1-32(2,3)44-24-14-12-22(13-15-24)16-25(33)30(41)35-19-28(39)37-26(17-21-8-5-4-6-9-21)31(42)36-18-27(38)34-20-29(40)43-23-10-7-11-23/h4-6,8-9,12-15,23,25-26H,7,10-11,16-20,33H2,1-3H3,(H,34,38)(H,35,41)(H,36,42)(H,37,39)/t25-,26-/m0/s1. The third-order valence-electron chi connectivity index (χ3n) is 6.70. The second-order valence-corrected chi connectivity index (χ2v) is 11.7. The Morgan fingerprint density at radius 3 is 2.02 bits per heavy atom. The number of hydrogen-bond donors (Lipinski definition) is 5. The van der Waals surface area contributed by atoms with Gasteiger partial charge in [-0.05, 0) is 69.7 Å². The molecule has 12 heteroatoms. The van der Waals surface area contributed by atoms with Crippen molar-refractivity contribution in [3.8, 4) is 5.75 Å². The van der Waals surface area contributed by atoms with E-state index in [0.29, 0.717) is 5.75 Å². The minimum Gasteiger partial charge on any atom is -0.488 e. The van der Waals surface area contributed by atoms with Crippen LogP contribution in [0.5, 0.6) is 5.75 Å². The molecule has 238 valence electrons. The molecule has 0 spiro atoms. The quantitative estimate of drug-likeness (QED) is 0.185. The molecule has 4 amide bonds. The zero-order valence-electron chi connectivity index (χ0n) is 25.5. The highest BCUT2D eigenvalue weighted by atomic mass is 16.5. The lowest BCUT2D eigenvalue weighted by Gasteiger charge is -2.25. The molecule has 3 rings (SSSR count). The molecule has 12 nitrogen and oxygen atoms in total. The molecule has 0 bridgehead atoms. The van der Waals surface area contributed by atoms with Gasteiger partial charge in [0.1, 0.15) is 30.0 Å². The lowest BCUT2D eigenvalue weighted by atomic mass is 9.96. The summed E-state index contributed by atoms with van der Waals surface area (Å²) < 4.78 is 11.0. The minimum absolute atomic E-state index is 0.0896. The van der Waals surface area contributed by atoms with Gasteiger partial charge in [0.25, 0.3) is 0 Å². The van der Waals surface area contributed by atoms with E-state index in [0.717, 1.165) is 30.4 Å². The molecule has 0 radical (unpaired) electrons. The number of amides is 4. The van der Waals surface area contributed by atoms with Crippen molar-refractivity contribution in [2.75, 3.05) is 19.6 Å². The van der Waals surface area contributed by atoms with Crippen molar-refractivity contribution in [3.63, 3.8) is 0 Å². The number of ether oxygens (including phenoxy) is 2. The van der Waals surface area contributed by atoms with E-state index in [1.807, 2.05) is 51.1 Å². The number of nitrogens with two attached hydrogens (primary N) is 1. The largest absolute Gasteiger partial charge is 0.488 e. The monoisotopic (exact) mass is 609 g/mol. The first-order valence-electron chi connectivity index (χ1n) is 14.8. The molecule has 6 N–H and O–H groups in total. The van der Waals surface area contributed by atoms with Crippen molar-refractivity contribution in [1.82, 2.24) is 21.3 Å². The Labute approximate surface area is 257 Å². The Morgan fingerprint density at radius 2 is 1.41 bits per heavy atom. The smallest absolute Gasteiger partial charge is 0.325 e. The van der Waals surface area contributed by atoms with Gasteiger partial charge >= 0.3 is 5.97 Å². The lowest BCUT2D eigenvalue weighted by Crippen LogP contribution is -2.53. The van der Waals surface area contributed by atoms with Crippen LogP contribution >= 0.6 is 0 Å². The van der Waals surface area contributed by atoms with E-state index in [2.05, 4.69) is 21.3 Å². The van der Waals surface area contributed by atoms with Crippen molar-refractivity contribution in [3.05, 3.63) is 65.7 Å². The van der Waals surface area contributed by atoms with Crippen LogP contribution in [-0.4, -0.2) is 73.0 Å². The van der Waals surface area contributed by atoms with Crippen LogP contribution in [0.25, 0.3) is 0 Å². The van der Waals surface area contributed by atoms with E-state index < -0.39 is 54.8 Å². The fourth-order valence-corrected chi connectivity index (χ4v) is 4.24. The Morgan fingerprint density at radius 1 is 0.795 bits per heavy atom. The minimum atomic E-state index is -1.03. The maximum Gasteiger partial charge on any atom is 0.325 e. The highest BCUT2D eigenvalue weighted by molar-refractivity contribution is 5.93. The predicted octanol–water partition coefficient (Wildman–Crippen LogP) is 0.906. The topological polar surface area (TPSA) is 178 Å². The zero-order chi connectivity index (χ0) is 32.1. The molecular weight excluding hydrogens is 566 g/mol. The third kappa shape index (κ3) is 12.4. The van der Waals surface area contributed by atoms with Crippen LogP contribution in [0.2, 0.25) is 0 Å². The molecule has 0 aromatic heterocycles. The Bertz CT molecular complexity index is 1270. The summed E-state index contributed by atoms with van der Waals surface area (Å²) >= 11 is 0. The zero-order valence-corrected chi connectivity index (χ0v) is 25.5. The van der Waals surface area contributed by atoms with Gasteiger partial charge in [0.05, 0.1) is 19.1 Å². The van der Waals surface area contributed by atoms with E-state index in [4.69, 9.17) is 15.2 Å². The molecule has 2 aromatic rings. The Balaban J connectivity index is 1.46. The maximum atomic E-state index is 13.0. The first kappa shape index (κ1) is 34.0. The number of carbonyl (C=O) groups excluding carboxylic acids is 5. The van der Waals surface area contributed by atoms with Crippen LogP contribution in [0.3, 0.4) is 0 Å². The summed E-state index contributed by atoms with van der Waals surface area (Å²) in [5.41, 5.74) is 7.34. The van der Waals surface area contributed by atoms with Gasteiger partial charge in [0.2, 0.25) is 23.6 Å². The number of carbonyl (C=O) groups is 5.